The first-order chi connectivity index (χ1) is 11.7. The Morgan fingerprint density at radius 2 is 1.92 bits per heavy atom. The molecule has 0 unspecified atom stereocenters. The topological polar surface area (TPSA) is 54.0 Å². The van der Waals surface area contributed by atoms with Crippen molar-refractivity contribution in [2.24, 2.45) is 0 Å². The summed E-state index contributed by atoms with van der Waals surface area (Å²) in [6.45, 7) is 1.18. The number of carbonyl (C=O) groups is 1. The highest BCUT2D eigenvalue weighted by molar-refractivity contribution is 7.11. The van der Waals surface area contributed by atoms with Crippen LogP contribution in [0.25, 0.3) is 6.08 Å². The molecular formula is C18H18O5S. The lowest BCUT2D eigenvalue weighted by atomic mass is 10.1. The minimum Gasteiger partial charge on any atom is -0.493 e. The predicted octanol–water partition coefficient (Wildman–Crippen LogP) is 3.71. The molecule has 2 aromatic rings. The van der Waals surface area contributed by atoms with E-state index < -0.39 is 0 Å². The number of methoxy groups -OCH3 is 2. The lowest BCUT2D eigenvalue weighted by Crippen LogP contribution is -1.99. The summed E-state index contributed by atoms with van der Waals surface area (Å²) in [7, 11) is 3.10. The molecule has 0 saturated carbocycles. The van der Waals surface area contributed by atoms with Gasteiger partial charge < -0.3 is 18.9 Å². The number of ketones is 1. The number of benzene rings is 1. The molecule has 0 atom stereocenters. The SMILES string of the molecule is COc1ccc(C(=O)/C=C\c2sccc2C2OCCO2)cc1OC. The Hall–Kier alpha value is -2.15. The molecule has 0 spiro atoms. The van der Waals surface area contributed by atoms with Crippen LogP contribution < -0.4 is 9.47 Å². The third-order valence-electron chi connectivity index (χ3n) is 3.66. The zero-order valence-electron chi connectivity index (χ0n) is 13.5. The maximum absolute atomic E-state index is 12.4. The van der Waals surface area contributed by atoms with E-state index in [4.69, 9.17) is 18.9 Å². The van der Waals surface area contributed by atoms with E-state index in [0.717, 1.165) is 10.4 Å². The fraction of sp³-hybridized carbons (Fsp3) is 0.278. The van der Waals surface area contributed by atoms with Crippen molar-refractivity contribution in [1.29, 1.82) is 0 Å². The Bertz CT molecular complexity index is 744. The molecule has 1 aliphatic heterocycles. The molecule has 2 heterocycles. The molecule has 0 aliphatic carbocycles. The molecular weight excluding hydrogens is 328 g/mol. The summed E-state index contributed by atoms with van der Waals surface area (Å²) in [4.78, 5) is 13.4. The van der Waals surface area contributed by atoms with Crippen LogP contribution in [0.1, 0.15) is 27.1 Å². The third kappa shape index (κ3) is 3.51. The quantitative estimate of drug-likeness (QED) is 0.589. The number of thiophene rings is 1. The van der Waals surface area contributed by atoms with E-state index in [0.29, 0.717) is 30.3 Å². The van der Waals surface area contributed by atoms with E-state index in [1.165, 1.54) is 0 Å². The van der Waals surface area contributed by atoms with Gasteiger partial charge in [-0.25, -0.2) is 0 Å². The van der Waals surface area contributed by atoms with Crippen LogP contribution >= 0.6 is 11.3 Å². The summed E-state index contributed by atoms with van der Waals surface area (Å²) in [6.07, 6.45) is 3.00. The van der Waals surface area contributed by atoms with Crippen LogP contribution in [-0.4, -0.2) is 33.2 Å². The van der Waals surface area contributed by atoms with Crippen molar-refractivity contribution in [3.05, 3.63) is 51.7 Å². The van der Waals surface area contributed by atoms with Gasteiger partial charge in [-0.2, -0.15) is 0 Å². The first kappa shape index (κ1) is 16.7. The number of ether oxygens (including phenoxy) is 4. The second-order valence-electron chi connectivity index (χ2n) is 5.08. The van der Waals surface area contributed by atoms with Crippen LogP contribution in [0.15, 0.2) is 35.7 Å². The number of hydrogen-bond donors (Lipinski definition) is 0. The van der Waals surface area contributed by atoms with E-state index in [9.17, 15) is 4.79 Å². The Balaban J connectivity index is 1.77. The van der Waals surface area contributed by atoms with Crippen LogP contribution in [0.2, 0.25) is 0 Å². The van der Waals surface area contributed by atoms with Crippen LogP contribution in [0.5, 0.6) is 11.5 Å². The fourth-order valence-corrected chi connectivity index (χ4v) is 3.24. The minimum absolute atomic E-state index is 0.108. The molecule has 5 nitrogen and oxygen atoms in total. The minimum atomic E-state index is -0.341. The van der Waals surface area contributed by atoms with E-state index in [2.05, 4.69) is 0 Å². The molecule has 1 fully saturated rings. The molecule has 0 radical (unpaired) electrons. The second kappa shape index (κ2) is 7.61. The molecule has 0 bridgehead atoms. The van der Waals surface area contributed by atoms with Crippen molar-refractivity contribution >= 4 is 23.2 Å². The Kier molecular flexibility index (Phi) is 5.30. The smallest absolute Gasteiger partial charge is 0.186 e. The highest BCUT2D eigenvalue weighted by Gasteiger charge is 2.21. The average molecular weight is 346 g/mol. The molecule has 1 saturated heterocycles. The summed E-state index contributed by atoms with van der Waals surface area (Å²) in [5, 5.41) is 1.96. The van der Waals surface area contributed by atoms with Gasteiger partial charge in [0.15, 0.2) is 23.6 Å². The monoisotopic (exact) mass is 346 g/mol. The van der Waals surface area contributed by atoms with E-state index in [1.54, 1.807) is 55.9 Å². The summed E-state index contributed by atoms with van der Waals surface area (Å²) < 4.78 is 21.5. The maximum Gasteiger partial charge on any atom is 0.186 e. The van der Waals surface area contributed by atoms with Gasteiger partial charge in [-0.05, 0) is 41.8 Å². The van der Waals surface area contributed by atoms with Crippen LogP contribution in [0.3, 0.4) is 0 Å². The first-order valence-electron chi connectivity index (χ1n) is 7.48. The van der Waals surface area contributed by atoms with Gasteiger partial charge in [0.1, 0.15) is 0 Å². The largest absolute Gasteiger partial charge is 0.493 e. The zero-order valence-corrected chi connectivity index (χ0v) is 14.3. The summed E-state index contributed by atoms with van der Waals surface area (Å²) >= 11 is 1.54. The standard InChI is InChI=1S/C18H18O5S/c1-20-15-5-3-12(11-16(15)21-2)14(19)4-6-17-13(7-10-24-17)18-22-8-9-23-18/h3-7,10-11,18H,8-9H2,1-2H3/b6-4-. The van der Waals surface area contributed by atoms with Gasteiger partial charge in [-0.1, -0.05) is 0 Å². The van der Waals surface area contributed by atoms with Crippen molar-refractivity contribution < 1.29 is 23.7 Å². The maximum atomic E-state index is 12.4. The zero-order chi connectivity index (χ0) is 16.9. The molecule has 1 aromatic heterocycles. The van der Waals surface area contributed by atoms with Crippen molar-refractivity contribution in [3.8, 4) is 11.5 Å². The van der Waals surface area contributed by atoms with Gasteiger partial charge in [0.25, 0.3) is 0 Å². The highest BCUT2D eigenvalue weighted by atomic mass is 32.1. The van der Waals surface area contributed by atoms with Crippen LogP contribution in [0, 0.1) is 0 Å². The number of allylic oxidation sites excluding steroid dienone is 1. The normalized spacial score (nSPS) is 15.1. The van der Waals surface area contributed by atoms with E-state index in [-0.39, 0.29) is 12.1 Å². The highest BCUT2D eigenvalue weighted by Crippen LogP contribution is 2.31. The summed E-state index contributed by atoms with van der Waals surface area (Å²) in [5.74, 6) is 1.01. The van der Waals surface area contributed by atoms with Gasteiger partial charge >= 0.3 is 0 Å². The summed E-state index contributed by atoms with van der Waals surface area (Å²) in [6, 6.07) is 7.06. The Morgan fingerprint density at radius 1 is 1.17 bits per heavy atom. The average Bonchev–Trinajstić information content (AvgIpc) is 3.29. The molecule has 126 valence electrons. The molecule has 24 heavy (non-hydrogen) atoms. The van der Waals surface area contributed by atoms with Crippen molar-refractivity contribution in [3.63, 3.8) is 0 Å². The molecule has 1 aromatic carbocycles. The van der Waals surface area contributed by atoms with Gasteiger partial charge in [0.2, 0.25) is 0 Å². The molecule has 6 heteroatoms. The second-order valence-corrected chi connectivity index (χ2v) is 6.03. The van der Waals surface area contributed by atoms with E-state index >= 15 is 0 Å². The predicted molar refractivity (Wildman–Crippen MR) is 91.9 cm³/mol. The van der Waals surface area contributed by atoms with Crippen molar-refractivity contribution in [2.75, 3.05) is 27.4 Å². The molecule has 1 aliphatic rings. The fourth-order valence-electron chi connectivity index (χ4n) is 2.44. The Labute approximate surface area is 144 Å². The Morgan fingerprint density at radius 3 is 2.62 bits per heavy atom. The van der Waals surface area contributed by atoms with Gasteiger partial charge in [0, 0.05) is 16.0 Å². The van der Waals surface area contributed by atoms with Crippen molar-refractivity contribution in [2.45, 2.75) is 6.29 Å². The van der Waals surface area contributed by atoms with Crippen LogP contribution in [0.4, 0.5) is 0 Å². The van der Waals surface area contributed by atoms with Crippen LogP contribution in [-0.2, 0) is 9.47 Å². The number of carbonyl (C=O) groups excluding carboxylic acids is 1. The van der Waals surface area contributed by atoms with Gasteiger partial charge in [-0.3, -0.25) is 4.79 Å². The molecule has 3 rings (SSSR count). The van der Waals surface area contributed by atoms with E-state index in [1.807, 2.05) is 11.4 Å². The first-order valence-corrected chi connectivity index (χ1v) is 8.36. The third-order valence-corrected chi connectivity index (χ3v) is 4.55. The van der Waals surface area contributed by atoms with Crippen molar-refractivity contribution in [1.82, 2.24) is 0 Å². The lowest BCUT2D eigenvalue weighted by molar-refractivity contribution is -0.0439. The van der Waals surface area contributed by atoms with Gasteiger partial charge in [-0.15, -0.1) is 11.3 Å². The number of hydrogen-bond acceptors (Lipinski definition) is 6. The molecule has 0 N–H and O–H groups in total. The lowest BCUT2D eigenvalue weighted by Gasteiger charge is -2.08. The summed E-state index contributed by atoms with van der Waals surface area (Å²) in [5.41, 5.74) is 1.49. The number of rotatable bonds is 6. The molecule has 0 amide bonds. The van der Waals surface area contributed by atoms with Gasteiger partial charge in [0.05, 0.1) is 27.4 Å².